The van der Waals surface area contributed by atoms with Crippen LogP contribution in [0.3, 0.4) is 0 Å². The molecule has 5 nitrogen and oxygen atoms in total. The number of rotatable bonds is 7. The molecule has 1 fully saturated rings. The molecular weight excluding hydrogens is 358 g/mol. The third-order valence-corrected chi connectivity index (χ3v) is 5.77. The first-order valence-electron chi connectivity index (χ1n) is 9.36. The predicted octanol–water partition coefficient (Wildman–Crippen LogP) is 3.23. The molecule has 1 aromatic heterocycles. The second kappa shape index (κ2) is 10.1. The van der Waals surface area contributed by atoms with E-state index in [2.05, 4.69) is 22.4 Å². The maximum atomic E-state index is 12.4. The Morgan fingerprint density at radius 1 is 1.07 bits per heavy atom. The van der Waals surface area contributed by atoms with E-state index < -0.39 is 0 Å². The Kier molecular flexibility index (Phi) is 7.27. The molecule has 0 unspecified atom stereocenters. The summed E-state index contributed by atoms with van der Waals surface area (Å²) in [6.07, 6.45) is 5.67. The topological polar surface area (TPSA) is 62.3 Å². The van der Waals surface area contributed by atoms with Gasteiger partial charge in [-0.1, -0.05) is 18.2 Å². The van der Waals surface area contributed by atoms with Crippen molar-refractivity contribution in [3.63, 3.8) is 0 Å². The summed E-state index contributed by atoms with van der Waals surface area (Å²) in [5.41, 5.74) is 0.688. The molecule has 2 heterocycles. The lowest BCUT2D eigenvalue weighted by Crippen LogP contribution is -2.41. The van der Waals surface area contributed by atoms with Crippen molar-refractivity contribution in [2.75, 3.05) is 25.4 Å². The third kappa shape index (κ3) is 6.10. The van der Waals surface area contributed by atoms with Gasteiger partial charge in [-0.15, -0.1) is 11.8 Å². The van der Waals surface area contributed by atoms with Crippen molar-refractivity contribution in [2.45, 2.75) is 24.2 Å². The van der Waals surface area contributed by atoms with Crippen LogP contribution in [-0.4, -0.2) is 47.1 Å². The Bertz CT molecular complexity index is 732. The van der Waals surface area contributed by atoms with Crippen molar-refractivity contribution in [1.82, 2.24) is 15.2 Å². The summed E-state index contributed by atoms with van der Waals surface area (Å²) >= 11 is 1.70. The number of aromatic nitrogens is 1. The number of carbonyl (C=O) groups excluding carboxylic acids is 2. The standard InChI is InChI=1S/C21H25N3O2S/c25-20(10-15-27-19-4-2-1-3-5-19)23-16-17-8-13-24(14-9-17)21(26)18-6-11-22-12-7-18/h1-7,11-12,17H,8-10,13-16H2,(H,23,25). The summed E-state index contributed by atoms with van der Waals surface area (Å²) in [7, 11) is 0. The van der Waals surface area contributed by atoms with Crippen LogP contribution in [0.15, 0.2) is 59.8 Å². The van der Waals surface area contributed by atoms with Crippen LogP contribution >= 0.6 is 11.8 Å². The van der Waals surface area contributed by atoms with Crippen molar-refractivity contribution in [3.05, 3.63) is 60.4 Å². The molecule has 1 aliphatic rings. The van der Waals surface area contributed by atoms with Gasteiger partial charge in [0, 0.05) is 54.7 Å². The monoisotopic (exact) mass is 383 g/mol. The van der Waals surface area contributed by atoms with Crippen LogP contribution in [0.25, 0.3) is 0 Å². The molecule has 1 saturated heterocycles. The number of carbonyl (C=O) groups is 2. The van der Waals surface area contributed by atoms with Crippen LogP contribution in [0.5, 0.6) is 0 Å². The van der Waals surface area contributed by atoms with E-state index in [4.69, 9.17) is 0 Å². The zero-order chi connectivity index (χ0) is 18.9. The van der Waals surface area contributed by atoms with Crippen LogP contribution in [0.1, 0.15) is 29.6 Å². The Hall–Kier alpha value is -2.34. The Labute approximate surface area is 164 Å². The minimum atomic E-state index is 0.0674. The molecule has 0 saturated carbocycles. The van der Waals surface area contributed by atoms with Gasteiger partial charge < -0.3 is 10.2 Å². The van der Waals surface area contributed by atoms with Gasteiger partial charge in [0.1, 0.15) is 0 Å². The molecule has 1 N–H and O–H groups in total. The highest BCUT2D eigenvalue weighted by Crippen LogP contribution is 2.19. The zero-order valence-electron chi connectivity index (χ0n) is 15.3. The van der Waals surface area contributed by atoms with E-state index in [9.17, 15) is 9.59 Å². The molecule has 2 aromatic rings. The molecule has 2 amide bonds. The first-order chi connectivity index (χ1) is 13.2. The number of hydrogen-bond donors (Lipinski definition) is 1. The lowest BCUT2D eigenvalue weighted by molar-refractivity contribution is -0.120. The van der Waals surface area contributed by atoms with Crippen molar-refractivity contribution in [2.24, 2.45) is 5.92 Å². The number of hydrogen-bond acceptors (Lipinski definition) is 4. The van der Waals surface area contributed by atoms with E-state index >= 15 is 0 Å². The SMILES string of the molecule is O=C(CCSc1ccccc1)NCC1CCN(C(=O)c2ccncc2)CC1. The van der Waals surface area contributed by atoms with E-state index in [-0.39, 0.29) is 11.8 Å². The number of amides is 2. The van der Waals surface area contributed by atoms with Crippen LogP contribution < -0.4 is 5.32 Å². The van der Waals surface area contributed by atoms with Gasteiger partial charge in [-0.25, -0.2) is 0 Å². The molecule has 0 spiro atoms. The first kappa shape index (κ1) is 19.4. The minimum absolute atomic E-state index is 0.0674. The Morgan fingerprint density at radius 2 is 1.78 bits per heavy atom. The fraction of sp³-hybridized carbons (Fsp3) is 0.381. The van der Waals surface area contributed by atoms with Gasteiger partial charge in [-0.3, -0.25) is 14.6 Å². The van der Waals surface area contributed by atoms with Crippen LogP contribution in [0, 0.1) is 5.92 Å². The molecule has 27 heavy (non-hydrogen) atoms. The quantitative estimate of drug-likeness (QED) is 0.746. The van der Waals surface area contributed by atoms with Crippen molar-refractivity contribution in [3.8, 4) is 0 Å². The fourth-order valence-corrected chi connectivity index (χ4v) is 4.01. The lowest BCUT2D eigenvalue weighted by Gasteiger charge is -2.32. The maximum absolute atomic E-state index is 12.4. The summed E-state index contributed by atoms with van der Waals surface area (Å²) in [5, 5.41) is 3.05. The van der Waals surface area contributed by atoms with Gasteiger partial charge in [0.15, 0.2) is 0 Å². The van der Waals surface area contributed by atoms with Gasteiger partial charge >= 0.3 is 0 Å². The minimum Gasteiger partial charge on any atom is -0.356 e. The highest BCUT2D eigenvalue weighted by Gasteiger charge is 2.23. The highest BCUT2D eigenvalue weighted by atomic mass is 32.2. The normalized spacial score (nSPS) is 14.7. The van der Waals surface area contributed by atoms with Gasteiger partial charge in [0.05, 0.1) is 0 Å². The number of thioether (sulfide) groups is 1. The van der Waals surface area contributed by atoms with Gasteiger partial charge in [0.25, 0.3) is 5.91 Å². The predicted molar refractivity (Wildman–Crippen MR) is 108 cm³/mol. The summed E-state index contributed by atoms with van der Waals surface area (Å²) in [5.74, 6) is 1.40. The summed E-state index contributed by atoms with van der Waals surface area (Å²) in [6, 6.07) is 13.6. The number of nitrogens with zero attached hydrogens (tertiary/aromatic N) is 2. The van der Waals surface area contributed by atoms with E-state index in [0.717, 1.165) is 31.7 Å². The third-order valence-electron chi connectivity index (χ3n) is 4.76. The van der Waals surface area contributed by atoms with E-state index in [1.807, 2.05) is 23.1 Å². The van der Waals surface area contributed by atoms with Crippen LogP contribution in [0.2, 0.25) is 0 Å². The van der Waals surface area contributed by atoms with E-state index in [0.29, 0.717) is 24.4 Å². The molecule has 0 atom stereocenters. The molecule has 6 heteroatoms. The van der Waals surface area contributed by atoms with Crippen molar-refractivity contribution >= 4 is 23.6 Å². The average Bonchev–Trinajstić information content (AvgIpc) is 2.73. The smallest absolute Gasteiger partial charge is 0.253 e. The van der Waals surface area contributed by atoms with Gasteiger partial charge in [0.2, 0.25) is 5.91 Å². The summed E-state index contributed by atoms with van der Waals surface area (Å²) in [4.78, 5) is 31.5. The molecular formula is C21H25N3O2S. The van der Waals surface area contributed by atoms with E-state index in [1.54, 1.807) is 36.3 Å². The molecule has 142 valence electrons. The second-order valence-electron chi connectivity index (χ2n) is 6.69. The van der Waals surface area contributed by atoms with Gasteiger partial charge in [-0.2, -0.15) is 0 Å². The van der Waals surface area contributed by atoms with Gasteiger partial charge in [-0.05, 0) is 43.0 Å². The molecule has 0 radical (unpaired) electrons. The second-order valence-corrected chi connectivity index (χ2v) is 7.86. The number of benzene rings is 1. The number of nitrogens with one attached hydrogen (secondary N) is 1. The lowest BCUT2D eigenvalue weighted by atomic mass is 9.96. The van der Waals surface area contributed by atoms with Crippen LogP contribution in [0.4, 0.5) is 0 Å². The Balaban J connectivity index is 1.32. The maximum Gasteiger partial charge on any atom is 0.253 e. The van der Waals surface area contributed by atoms with Crippen molar-refractivity contribution in [1.29, 1.82) is 0 Å². The van der Waals surface area contributed by atoms with Crippen LogP contribution in [-0.2, 0) is 4.79 Å². The zero-order valence-corrected chi connectivity index (χ0v) is 16.2. The number of piperidine rings is 1. The molecule has 1 aliphatic heterocycles. The molecule has 1 aromatic carbocycles. The fourth-order valence-electron chi connectivity index (χ4n) is 3.14. The summed E-state index contributed by atoms with van der Waals surface area (Å²) < 4.78 is 0. The summed E-state index contributed by atoms with van der Waals surface area (Å²) in [6.45, 7) is 2.18. The number of likely N-dealkylation sites (tertiary alicyclic amines) is 1. The van der Waals surface area contributed by atoms with E-state index in [1.165, 1.54) is 4.90 Å². The number of pyridine rings is 1. The van der Waals surface area contributed by atoms with Crippen molar-refractivity contribution < 1.29 is 9.59 Å². The Morgan fingerprint density at radius 3 is 2.48 bits per heavy atom. The molecule has 0 aliphatic carbocycles. The molecule has 0 bridgehead atoms. The first-order valence-corrected chi connectivity index (χ1v) is 10.3. The largest absolute Gasteiger partial charge is 0.356 e. The highest BCUT2D eigenvalue weighted by molar-refractivity contribution is 7.99. The molecule has 3 rings (SSSR count). The average molecular weight is 384 g/mol.